The Morgan fingerprint density at radius 2 is 1.81 bits per heavy atom. The summed E-state index contributed by atoms with van der Waals surface area (Å²) in [6.07, 6.45) is 3.60. The third-order valence-electron chi connectivity index (χ3n) is 3.23. The highest BCUT2D eigenvalue weighted by molar-refractivity contribution is 7.25. The summed E-state index contributed by atoms with van der Waals surface area (Å²) in [6, 6.07) is 10.8. The van der Waals surface area contributed by atoms with Crippen LogP contribution in [0.1, 0.15) is 26.2 Å². The van der Waals surface area contributed by atoms with Crippen LogP contribution in [-0.4, -0.2) is 6.61 Å². The minimum atomic E-state index is 0.820. The van der Waals surface area contributed by atoms with Gasteiger partial charge in [0.1, 0.15) is 5.75 Å². The van der Waals surface area contributed by atoms with Gasteiger partial charge in [0, 0.05) is 14.6 Å². The van der Waals surface area contributed by atoms with Crippen molar-refractivity contribution < 1.29 is 4.74 Å². The highest BCUT2D eigenvalue weighted by Crippen LogP contribution is 2.42. The molecule has 0 atom stereocenters. The van der Waals surface area contributed by atoms with Gasteiger partial charge < -0.3 is 4.74 Å². The molecule has 21 heavy (non-hydrogen) atoms. The maximum atomic E-state index is 5.95. The standard InChI is InChI=1S/C17H18OS3/c1-2-3-4-10-18-13-9-12-20-17(13)16-8-7-15(21-16)14-6-5-11-19-14/h5-9,11-12H,2-4,10H2,1H3. The number of unbranched alkanes of at least 4 members (excludes halogenated alkanes) is 2. The van der Waals surface area contributed by atoms with Crippen LogP contribution >= 0.6 is 34.0 Å². The molecule has 110 valence electrons. The molecule has 0 aromatic carbocycles. The third kappa shape index (κ3) is 3.57. The summed E-state index contributed by atoms with van der Waals surface area (Å²) in [6.45, 7) is 3.04. The molecule has 0 aliphatic rings. The molecule has 0 saturated heterocycles. The van der Waals surface area contributed by atoms with Crippen molar-refractivity contribution in [2.45, 2.75) is 26.2 Å². The van der Waals surface area contributed by atoms with Crippen molar-refractivity contribution in [1.29, 1.82) is 0 Å². The lowest BCUT2D eigenvalue weighted by Gasteiger charge is -2.05. The fourth-order valence-corrected chi connectivity index (χ4v) is 4.95. The summed E-state index contributed by atoms with van der Waals surface area (Å²) in [5, 5.41) is 4.25. The Labute approximate surface area is 137 Å². The molecule has 0 spiro atoms. The topological polar surface area (TPSA) is 9.23 Å². The number of rotatable bonds is 7. The smallest absolute Gasteiger partial charge is 0.138 e. The van der Waals surface area contributed by atoms with Crippen molar-refractivity contribution >= 4 is 34.0 Å². The molecular formula is C17H18OS3. The van der Waals surface area contributed by atoms with Crippen molar-refractivity contribution in [3.8, 4) is 25.3 Å². The normalized spacial score (nSPS) is 10.9. The zero-order valence-electron chi connectivity index (χ0n) is 12.0. The van der Waals surface area contributed by atoms with Gasteiger partial charge in [-0.25, -0.2) is 0 Å². The second-order valence-electron chi connectivity index (χ2n) is 4.81. The minimum absolute atomic E-state index is 0.820. The molecule has 0 unspecified atom stereocenters. The summed E-state index contributed by atoms with van der Waals surface area (Å²) in [5.74, 6) is 1.04. The maximum Gasteiger partial charge on any atom is 0.138 e. The lowest BCUT2D eigenvalue weighted by molar-refractivity contribution is 0.308. The van der Waals surface area contributed by atoms with E-state index in [2.05, 4.69) is 48.0 Å². The summed E-state index contributed by atoms with van der Waals surface area (Å²) in [4.78, 5) is 5.25. The summed E-state index contributed by atoms with van der Waals surface area (Å²) < 4.78 is 5.95. The highest BCUT2D eigenvalue weighted by Gasteiger charge is 2.12. The molecule has 3 heterocycles. The van der Waals surface area contributed by atoms with E-state index in [9.17, 15) is 0 Å². The van der Waals surface area contributed by atoms with Gasteiger partial charge >= 0.3 is 0 Å². The van der Waals surface area contributed by atoms with Crippen LogP contribution in [0.4, 0.5) is 0 Å². The summed E-state index contributed by atoms with van der Waals surface area (Å²) >= 11 is 5.41. The van der Waals surface area contributed by atoms with E-state index in [0.717, 1.165) is 18.8 Å². The van der Waals surface area contributed by atoms with Gasteiger partial charge in [-0.2, -0.15) is 0 Å². The van der Waals surface area contributed by atoms with Crippen LogP contribution in [0.2, 0.25) is 0 Å². The van der Waals surface area contributed by atoms with E-state index in [1.54, 1.807) is 22.7 Å². The van der Waals surface area contributed by atoms with Crippen LogP contribution in [0.15, 0.2) is 41.1 Å². The molecule has 0 aliphatic heterocycles. The number of thiophene rings is 3. The van der Waals surface area contributed by atoms with Crippen LogP contribution in [0.5, 0.6) is 5.75 Å². The zero-order chi connectivity index (χ0) is 14.5. The van der Waals surface area contributed by atoms with Gasteiger partial charge in [-0.15, -0.1) is 34.0 Å². The lowest BCUT2D eigenvalue weighted by atomic mass is 10.3. The van der Waals surface area contributed by atoms with Crippen LogP contribution in [0.3, 0.4) is 0 Å². The van der Waals surface area contributed by atoms with Gasteiger partial charge in [-0.3, -0.25) is 0 Å². The first-order chi connectivity index (χ1) is 10.4. The van der Waals surface area contributed by atoms with Gasteiger partial charge in [0.15, 0.2) is 0 Å². The average Bonchev–Trinajstić information content (AvgIpc) is 3.22. The Balaban J connectivity index is 1.74. The molecule has 3 aromatic heterocycles. The van der Waals surface area contributed by atoms with E-state index in [1.165, 1.54) is 32.4 Å². The SMILES string of the molecule is CCCCCOc1ccsc1-c1ccc(-c2cccs2)s1. The fourth-order valence-electron chi connectivity index (χ4n) is 2.14. The van der Waals surface area contributed by atoms with E-state index < -0.39 is 0 Å². The number of ether oxygens (including phenoxy) is 1. The largest absolute Gasteiger partial charge is 0.492 e. The highest BCUT2D eigenvalue weighted by atomic mass is 32.1. The average molecular weight is 335 g/mol. The predicted octanol–water partition coefficient (Wildman–Crippen LogP) is 6.77. The molecule has 0 aliphatic carbocycles. The second-order valence-corrected chi connectivity index (χ2v) is 7.76. The van der Waals surface area contributed by atoms with Crippen molar-refractivity contribution in [3.63, 3.8) is 0 Å². The maximum absolute atomic E-state index is 5.95. The first kappa shape index (κ1) is 14.8. The molecule has 4 heteroatoms. The third-order valence-corrected chi connectivity index (χ3v) is 6.45. The van der Waals surface area contributed by atoms with Crippen LogP contribution in [-0.2, 0) is 0 Å². The number of hydrogen-bond donors (Lipinski definition) is 0. The first-order valence-electron chi connectivity index (χ1n) is 7.23. The summed E-state index contributed by atoms with van der Waals surface area (Å²) in [5.41, 5.74) is 0. The van der Waals surface area contributed by atoms with Crippen molar-refractivity contribution in [2.75, 3.05) is 6.61 Å². The van der Waals surface area contributed by atoms with E-state index >= 15 is 0 Å². The lowest BCUT2D eigenvalue weighted by Crippen LogP contribution is -1.96. The van der Waals surface area contributed by atoms with Crippen molar-refractivity contribution in [2.24, 2.45) is 0 Å². The zero-order valence-corrected chi connectivity index (χ0v) is 14.5. The van der Waals surface area contributed by atoms with Gasteiger partial charge in [0.05, 0.1) is 11.5 Å². The molecule has 0 fully saturated rings. The molecule has 0 bridgehead atoms. The molecule has 0 amide bonds. The van der Waals surface area contributed by atoms with E-state index in [-0.39, 0.29) is 0 Å². The molecule has 3 rings (SSSR count). The van der Waals surface area contributed by atoms with E-state index in [0.29, 0.717) is 0 Å². The molecule has 3 aromatic rings. The monoisotopic (exact) mass is 334 g/mol. The predicted molar refractivity (Wildman–Crippen MR) is 96.0 cm³/mol. The van der Waals surface area contributed by atoms with Crippen molar-refractivity contribution in [1.82, 2.24) is 0 Å². The minimum Gasteiger partial charge on any atom is -0.492 e. The Kier molecular flexibility index (Phi) is 5.12. The van der Waals surface area contributed by atoms with Gasteiger partial charge in [-0.1, -0.05) is 25.8 Å². The van der Waals surface area contributed by atoms with Gasteiger partial charge in [0.25, 0.3) is 0 Å². The van der Waals surface area contributed by atoms with E-state index in [1.807, 2.05) is 11.3 Å². The van der Waals surface area contributed by atoms with Gasteiger partial charge in [-0.05, 0) is 41.4 Å². The Hall–Kier alpha value is -1.10. The van der Waals surface area contributed by atoms with Crippen LogP contribution in [0.25, 0.3) is 19.5 Å². The molecule has 0 radical (unpaired) electrons. The molecule has 0 N–H and O–H groups in total. The van der Waals surface area contributed by atoms with Gasteiger partial charge in [0.2, 0.25) is 0 Å². The van der Waals surface area contributed by atoms with Crippen molar-refractivity contribution in [3.05, 3.63) is 41.1 Å². The molecule has 0 saturated carbocycles. The summed E-state index contributed by atoms with van der Waals surface area (Å²) in [7, 11) is 0. The number of hydrogen-bond acceptors (Lipinski definition) is 4. The Morgan fingerprint density at radius 1 is 0.905 bits per heavy atom. The first-order valence-corrected chi connectivity index (χ1v) is 9.80. The Bertz CT molecular complexity index is 664. The molecule has 1 nitrogen and oxygen atoms in total. The quantitative estimate of drug-likeness (QED) is 0.433. The van der Waals surface area contributed by atoms with Crippen LogP contribution in [0, 0.1) is 0 Å². The fraction of sp³-hybridized carbons (Fsp3) is 0.294. The second kappa shape index (κ2) is 7.25. The Morgan fingerprint density at radius 3 is 2.62 bits per heavy atom. The molecular weight excluding hydrogens is 316 g/mol. The van der Waals surface area contributed by atoms with Crippen LogP contribution < -0.4 is 4.74 Å². The van der Waals surface area contributed by atoms with E-state index in [4.69, 9.17) is 4.74 Å².